The smallest absolute Gasteiger partial charge is 0.399 e. The molecule has 1 atom stereocenters. The van der Waals surface area contributed by atoms with Gasteiger partial charge in [-0.05, 0) is 32.8 Å². The number of nitrogens with zero attached hydrogens (tertiary/aromatic N) is 2. The van der Waals surface area contributed by atoms with E-state index in [2.05, 4.69) is 44.9 Å². The van der Waals surface area contributed by atoms with E-state index in [-0.39, 0.29) is 18.3 Å². The molecule has 1 aliphatic heterocycles. The first-order valence-corrected chi connectivity index (χ1v) is 7.85. The van der Waals surface area contributed by atoms with E-state index in [0.29, 0.717) is 0 Å². The van der Waals surface area contributed by atoms with Crippen LogP contribution in [0, 0.1) is 0 Å². The van der Waals surface area contributed by atoms with E-state index >= 15 is 0 Å². The fourth-order valence-corrected chi connectivity index (χ4v) is 2.80. The lowest BCUT2D eigenvalue weighted by molar-refractivity contribution is -0.0118. The number of benzene rings is 1. The topological polar surface area (TPSA) is 36.3 Å². The van der Waals surface area contributed by atoms with Crippen LogP contribution in [0.2, 0.25) is 0 Å². The van der Waals surface area contributed by atoms with Gasteiger partial charge in [-0.25, -0.2) is 0 Å². The van der Waals surface area contributed by atoms with Crippen molar-refractivity contribution in [2.75, 3.05) is 0 Å². The van der Waals surface area contributed by atoms with E-state index in [9.17, 15) is 0 Å². The molecular formula is C17H23BN2O2. The summed E-state index contributed by atoms with van der Waals surface area (Å²) in [4.78, 5) is 0. The van der Waals surface area contributed by atoms with Crippen LogP contribution in [-0.4, -0.2) is 28.1 Å². The van der Waals surface area contributed by atoms with Crippen molar-refractivity contribution in [3.05, 3.63) is 48.3 Å². The van der Waals surface area contributed by atoms with Crippen molar-refractivity contribution in [2.45, 2.75) is 51.9 Å². The third kappa shape index (κ3) is 2.71. The van der Waals surface area contributed by atoms with Crippen LogP contribution in [0.4, 0.5) is 0 Å². The lowest BCUT2D eigenvalue weighted by Gasteiger charge is -2.35. The van der Waals surface area contributed by atoms with Gasteiger partial charge in [0.2, 0.25) is 0 Å². The Morgan fingerprint density at radius 2 is 1.86 bits per heavy atom. The first-order chi connectivity index (χ1) is 10.4. The Morgan fingerprint density at radius 1 is 1.14 bits per heavy atom. The van der Waals surface area contributed by atoms with Crippen LogP contribution in [-0.2, 0) is 15.9 Å². The van der Waals surface area contributed by atoms with E-state index in [1.54, 1.807) is 0 Å². The molecule has 1 fully saturated rings. The summed E-state index contributed by atoms with van der Waals surface area (Å²) in [6.45, 7) is 9.17. The van der Waals surface area contributed by atoms with Gasteiger partial charge in [0, 0.05) is 17.9 Å². The zero-order chi connectivity index (χ0) is 15.8. The second-order valence-corrected chi connectivity index (χ2v) is 6.62. The lowest BCUT2D eigenvalue weighted by atomic mass is 9.82. The summed E-state index contributed by atoms with van der Waals surface area (Å²) in [5.41, 5.74) is 1.61. The lowest BCUT2D eigenvalue weighted by Crippen LogP contribution is -2.44. The van der Waals surface area contributed by atoms with Crippen LogP contribution in [0.3, 0.4) is 0 Å². The van der Waals surface area contributed by atoms with Gasteiger partial charge in [-0.3, -0.25) is 4.68 Å². The van der Waals surface area contributed by atoms with Crippen molar-refractivity contribution in [3.8, 4) is 0 Å². The van der Waals surface area contributed by atoms with Crippen molar-refractivity contribution in [2.24, 2.45) is 0 Å². The van der Waals surface area contributed by atoms with Crippen molar-refractivity contribution >= 4 is 12.6 Å². The van der Waals surface area contributed by atoms with Crippen LogP contribution in [0.25, 0.3) is 0 Å². The molecule has 1 aromatic heterocycles. The van der Waals surface area contributed by atoms with E-state index < -0.39 is 0 Å². The Hall–Kier alpha value is -1.59. The first-order valence-electron chi connectivity index (χ1n) is 7.85. The third-order valence-electron chi connectivity index (χ3n) is 4.83. The van der Waals surface area contributed by atoms with E-state index in [1.807, 2.05) is 35.3 Å². The van der Waals surface area contributed by atoms with Crippen LogP contribution >= 0.6 is 0 Å². The molecular weight excluding hydrogens is 275 g/mol. The molecule has 1 saturated heterocycles. The minimum absolute atomic E-state index is 0.279. The number of hydrogen-bond acceptors (Lipinski definition) is 3. The summed E-state index contributed by atoms with van der Waals surface area (Å²) in [6.07, 6.45) is 4.76. The average Bonchev–Trinajstić information content (AvgIpc) is 3.04. The fraction of sp³-hybridized carbons (Fsp3) is 0.471. The van der Waals surface area contributed by atoms with Gasteiger partial charge >= 0.3 is 7.12 Å². The molecule has 0 spiro atoms. The average molecular weight is 298 g/mol. The molecule has 0 bridgehead atoms. The Balaban J connectivity index is 1.75. The van der Waals surface area contributed by atoms with E-state index in [0.717, 1.165) is 18.4 Å². The standard InChI is InChI=1S/C17H23BN2O2/c1-5-17(4)16(2,3)21-18(22-17)15-11-19-20(13-15)12-14-9-7-6-8-10-14/h6-11,13H,5,12H2,1-4H3. The molecule has 1 unspecified atom stereocenters. The molecule has 116 valence electrons. The minimum atomic E-state index is -0.343. The minimum Gasteiger partial charge on any atom is -0.399 e. The maximum atomic E-state index is 6.19. The molecule has 3 rings (SSSR count). The van der Waals surface area contributed by atoms with Gasteiger partial charge in [0.15, 0.2) is 0 Å². The van der Waals surface area contributed by atoms with Gasteiger partial charge < -0.3 is 9.31 Å². The van der Waals surface area contributed by atoms with Crippen molar-refractivity contribution < 1.29 is 9.31 Å². The Morgan fingerprint density at radius 3 is 2.50 bits per heavy atom. The summed E-state index contributed by atoms with van der Waals surface area (Å²) < 4.78 is 14.2. The molecule has 22 heavy (non-hydrogen) atoms. The van der Waals surface area contributed by atoms with Crippen molar-refractivity contribution in [1.29, 1.82) is 0 Å². The van der Waals surface area contributed by atoms with Crippen LogP contribution in [0.5, 0.6) is 0 Å². The SMILES string of the molecule is CCC1(C)OB(c2cnn(Cc3ccccc3)c2)OC1(C)C. The van der Waals surface area contributed by atoms with Gasteiger partial charge in [-0.15, -0.1) is 0 Å². The van der Waals surface area contributed by atoms with Gasteiger partial charge in [0.1, 0.15) is 0 Å². The molecule has 4 nitrogen and oxygen atoms in total. The molecule has 0 radical (unpaired) electrons. The summed E-state index contributed by atoms with van der Waals surface area (Å²) >= 11 is 0. The molecule has 0 saturated carbocycles. The van der Waals surface area contributed by atoms with Gasteiger partial charge in [-0.1, -0.05) is 37.3 Å². The van der Waals surface area contributed by atoms with Crippen molar-refractivity contribution in [1.82, 2.24) is 9.78 Å². The normalized spacial score (nSPS) is 23.9. The molecule has 0 N–H and O–H groups in total. The summed E-state index contributed by atoms with van der Waals surface area (Å²) in [7, 11) is -0.343. The zero-order valence-corrected chi connectivity index (χ0v) is 13.7. The van der Waals surface area contributed by atoms with E-state index in [1.165, 1.54) is 5.56 Å². The highest BCUT2D eigenvalue weighted by Gasteiger charge is 2.53. The molecule has 0 amide bonds. The predicted molar refractivity (Wildman–Crippen MR) is 88.1 cm³/mol. The monoisotopic (exact) mass is 298 g/mol. The quantitative estimate of drug-likeness (QED) is 0.814. The van der Waals surface area contributed by atoms with Gasteiger partial charge in [0.05, 0.1) is 17.7 Å². The largest absolute Gasteiger partial charge is 0.498 e. The predicted octanol–water partition coefficient (Wildman–Crippen LogP) is 2.62. The highest BCUT2D eigenvalue weighted by Crippen LogP contribution is 2.39. The van der Waals surface area contributed by atoms with Crippen molar-refractivity contribution in [3.63, 3.8) is 0 Å². The summed E-state index contributed by atoms with van der Waals surface area (Å²) in [6, 6.07) is 10.3. The third-order valence-corrected chi connectivity index (χ3v) is 4.83. The Bertz CT molecular complexity index is 641. The van der Waals surface area contributed by atoms with Gasteiger partial charge in [-0.2, -0.15) is 5.10 Å². The number of rotatable bonds is 4. The molecule has 0 aliphatic carbocycles. The number of aromatic nitrogens is 2. The number of hydrogen-bond donors (Lipinski definition) is 0. The van der Waals surface area contributed by atoms with Crippen LogP contribution in [0.15, 0.2) is 42.7 Å². The summed E-state index contributed by atoms with van der Waals surface area (Å²) in [5, 5.41) is 4.43. The van der Waals surface area contributed by atoms with Gasteiger partial charge in [0.25, 0.3) is 0 Å². The maximum Gasteiger partial charge on any atom is 0.498 e. The Kier molecular flexibility index (Phi) is 3.87. The first kappa shape index (κ1) is 15.3. The maximum absolute atomic E-state index is 6.19. The fourth-order valence-electron chi connectivity index (χ4n) is 2.80. The summed E-state index contributed by atoms with van der Waals surface area (Å²) in [5.74, 6) is 0. The molecule has 2 aromatic rings. The second kappa shape index (κ2) is 5.56. The zero-order valence-electron chi connectivity index (χ0n) is 13.7. The van der Waals surface area contributed by atoms with Crippen LogP contribution < -0.4 is 5.46 Å². The molecule has 2 heterocycles. The Labute approximate surface area is 132 Å². The highest BCUT2D eigenvalue weighted by molar-refractivity contribution is 6.62. The second-order valence-electron chi connectivity index (χ2n) is 6.62. The highest BCUT2D eigenvalue weighted by atomic mass is 16.7. The van der Waals surface area contributed by atoms with Crippen LogP contribution in [0.1, 0.15) is 39.7 Å². The van der Waals surface area contributed by atoms with E-state index in [4.69, 9.17) is 9.31 Å². The molecule has 1 aromatic carbocycles. The molecule has 5 heteroatoms. The molecule has 1 aliphatic rings.